The third-order valence-electron chi connectivity index (χ3n) is 4.46. The van der Waals surface area contributed by atoms with Crippen molar-refractivity contribution in [3.63, 3.8) is 0 Å². The molecular formula is C18H22N4O3S. The van der Waals surface area contributed by atoms with Crippen molar-refractivity contribution in [2.45, 2.75) is 6.92 Å². The van der Waals surface area contributed by atoms with Gasteiger partial charge in [0.2, 0.25) is 0 Å². The number of carboxylic acid groups (broad SMARTS) is 1. The van der Waals surface area contributed by atoms with Gasteiger partial charge in [0.1, 0.15) is 10.8 Å². The standard InChI is InChI=1S/C17H20N4OS.CH2O2/c1-12-11-13-16(20-7-9-21(2,22)10-8-20)18-14-5-3-4-6-15(14)19-17(13)23-12;2-1-3/h3-6,11,19H,7-10H2,1-2H3;1H,(H,2,3). The first-order valence-electron chi connectivity index (χ1n) is 8.37. The number of fused-ring (bicyclic) bond motifs is 2. The Balaban J connectivity index is 0.000000613. The Bertz CT molecular complexity index is 822. The van der Waals surface area contributed by atoms with E-state index in [4.69, 9.17) is 14.9 Å². The van der Waals surface area contributed by atoms with Crippen LogP contribution in [-0.2, 0) is 4.79 Å². The summed E-state index contributed by atoms with van der Waals surface area (Å²) >= 11 is 1.75. The van der Waals surface area contributed by atoms with Gasteiger partial charge in [-0.1, -0.05) is 12.1 Å². The molecule has 2 aliphatic heterocycles. The normalized spacial score (nSPS) is 17.5. The van der Waals surface area contributed by atoms with Gasteiger partial charge in [0.05, 0.1) is 50.2 Å². The molecule has 0 saturated carbocycles. The number of amidine groups is 1. The SMILES string of the molecule is Cc1cc2c(s1)Nc1ccccc1N=C2N1CC[N+](C)([O-])CC1.O=CO. The lowest BCUT2D eigenvalue weighted by Gasteiger charge is -2.45. The van der Waals surface area contributed by atoms with E-state index in [2.05, 4.69) is 29.3 Å². The minimum Gasteiger partial charge on any atom is -0.633 e. The van der Waals surface area contributed by atoms with E-state index in [0.717, 1.165) is 40.9 Å². The first-order valence-corrected chi connectivity index (χ1v) is 9.19. The van der Waals surface area contributed by atoms with Gasteiger partial charge in [-0.05, 0) is 25.1 Å². The first kappa shape index (κ1) is 18.4. The number of aryl methyl sites for hydroxylation is 1. The average molecular weight is 374 g/mol. The van der Waals surface area contributed by atoms with Gasteiger partial charge in [0, 0.05) is 4.88 Å². The Morgan fingerprint density at radius 1 is 1.35 bits per heavy atom. The maximum absolute atomic E-state index is 12.1. The molecule has 138 valence electrons. The van der Waals surface area contributed by atoms with Crippen LogP contribution in [0.15, 0.2) is 35.3 Å². The molecule has 0 bridgehead atoms. The highest BCUT2D eigenvalue weighted by Crippen LogP contribution is 2.39. The van der Waals surface area contributed by atoms with Crippen LogP contribution in [0, 0.1) is 12.1 Å². The minimum atomic E-state index is -0.250. The van der Waals surface area contributed by atoms with Crippen LogP contribution in [-0.4, -0.2) is 60.2 Å². The Morgan fingerprint density at radius 3 is 2.69 bits per heavy atom. The Kier molecular flexibility index (Phi) is 5.26. The number of nitrogens with one attached hydrogen (secondary N) is 1. The molecule has 0 amide bonds. The predicted octanol–water partition coefficient (Wildman–Crippen LogP) is 3.15. The van der Waals surface area contributed by atoms with Gasteiger partial charge in [-0.2, -0.15) is 0 Å². The summed E-state index contributed by atoms with van der Waals surface area (Å²) in [5.74, 6) is 0.988. The zero-order valence-corrected chi connectivity index (χ0v) is 15.6. The second-order valence-electron chi connectivity index (χ2n) is 6.51. The second-order valence-corrected chi connectivity index (χ2v) is 7.77. The Labute approximate surface area is 156 Å². The van der Waals surface area contributed by atoms with E-state index in [1.807, 2.05) is 18.2 Å². The van der Waals surface area contributed by atoms with Crippen molar-refractivity contribution < 1.29 is 14.5 Å². The number of para-hydroxylation sites is 2. The van der Waals surface area contributed by atoms with Gasteiger partial charge in [0.25, 0.3) is 6.47 Å². The summed E-state index contributed by atoms with van der Waals surface area (Å²) < 4.78 is -0.159. The smallest absolute Gasteiger partial charge is 0.290 e. The number of rotatable bonds is 0. The molecule has 8 heteroatoms. The third-order valence-corrected chi connectivity index (χ3v) is 5.43. The summed E-state index contributed by atoms with van der Waals surface area (Å²) in [6, 6.07) is 10.3. The van der Waals surface area contributed by atoms with E-state index >= 15 is 0 Å². The summed E-state index contributed by atoms with van der Waals surface area (Å²) in [4.78, 5) is 16.8. The summed E-state index contributed by atoms with van der Waals surface area (Å²) in [7, 11) is 1.75. The number of thiophene rings is 1. The van der Waals surface area contributed by atoms with Crippen LogP contribution < -0.4 is 5.32 Å². The number of nitrogens with zero attached hydrogens (tertiary/aromatic N) is 3. The van der Waals surface area contributed by atoms with Crippen LogP contribution in [0.25, 0.3) is 0 Å². The number of likely N-dealkylation sites (N-methyl/N-ethyl adjacent to an activating group) is 1. The van der Waals surface area contributed by atoms with E-state index < -0.39 is 0 Å². The van der Waals surface area contributed by atoms with Crippen LogP contribution in [0.1, 0.15) is 10.4 Å². The van der Waals surface area contributed by atoms with Gasteiger partial charge >= 0.3 is 0 Å². The van der Waals surface area contributed by atoms with Crippen LogP contribution in [0.5, 0.6) is 0 Å². The Morgan fingerprint density at radius 2 is 2.00 bits per heavy atom. The van der Waals surface area contributed by atoms with Crippen molar-refractivity contribution in [2.24, 2.45) is 4.99 Å². The van der Waals surface area contributed by atoms with E-state index in [-0.39, 0.29) is 11.1 Å². The molecule has 7 nitrogen and oxygen atoms in total. The van der Waals surface area contributed by atoms with E-state index in [1.54, 1.807) is 18.4 Å². The number of piperazine rings is 1. The maximum atomic E-state index is 12.1. The lowest BCUT2D eigenvalue weighted by atomic mass is 10.2. The summed E-state index contributed by atoms with van der Waals surface area (Å²) in [6.07, 6.45) is 0. The summed E-state index contributed by atoms with van der Waals surface area (Å²) in [5, 5.41) is 23.7. The zero-order valence-electron chi connectivity index (χ0n) is 14.8. The molecule has 3 heterocycles. The molecule has 2 aliphatic rings. The Hall–Kier alpha value is -2.42. The molecule has 0 spiro atoms. The summed E-state index contributed by atoms with van der Waals surface area (Å²) in [6.45, 7) is 4.57. The van der Waals surface area contributed by atoms with Crippen molar-refractivity contribution in [1.82, 2.24) is 4.90 Å². The van der Waals surface area contributed by atoms with Crippen molar-refractivity contribution >= 4 is 40.0 Å². The first-order chi connectivity index (χ1) is 12.4. The van der Waals surface area contributed by atoms with Crippen LogP contribution in [0.3, 0.4) is 0 Å². The fraction of sp³-hybridized carbons (Fsp3) is 0.333. The van der Waals surface area contributed by atoms with Crippen LogP contribution in [0.2, 0.25) is 0 Å². The molecule has 0 unspecified atom stereocenters. The molecule has 4 rings (SSSR count). The van der Waals surface area contributed by atoms with Crippen LogP contribution >= 0.6 is 11.3 Å². The lowest BCUT2D eigenvalue weighted by molar-refractivity contribution is -0.864. The molecule has 0 atom stereocenters. The minimum absolute atomic E-state index is 0.159. The number of quaternary nitrogens is 1. The van der Waals surface area contributed by atoms with Crippen molar-refractivity contribution in [3.05, 3.63) is 46.0 Å². The van der Waals surface area contributed by atoms with Crippen LogP contribution in [0.4, 0.5) is 16.4 Å². The van der Waals surface area contributed by atoms with Crippen molar-refractivity contribution in [1.29, 1.82) is 0 Å². The molecule has 1 aromatic heterocycles. The van der Waals surface area contributed by atoms with Gasteiger partial charge in [-0.25, -0.2) is 4.99 Å². The van der Waals surface area contributed by atoms with E-state index in [9.17, 15) is 5.21 Å². The monoisotopic (exact) mass is 374 g/mol. The van der Waals surface area contributed by atoms with Gasteiger partial charge in [-0.15, -0.1) is 11.3 Å². The summed E-state index contributed by atoms with van der Waals surface area (Å²) in [5.41, 5.74) is 3.13. The maximum Gasteiger partial charge on any atom is 0.290 e. The fourth-order valence-corrected chi connectivity index (χ4v) is 4.01. The van der Waals surface area contributed by atoms with Gasteiger partial charge in [0.15, 0.2) is 0 Å². The largest absolute Gasteiger partial charge is 0.633 e. The molecular weight excluding hydrogens is 352 g/mol. The number of hydroxylamine groups is 3. The van der Waals surface area contributed by atoms with Gasteiger partial charge in [-0.3, -0.25) is 4.79 Å². The van der Waals surface area contributed by atoms with Crippen molar-refractivity contribution in [2.75, 3.05) is 38.5 Å². The zero-order chi connectivity index (χ0) is 18.7. The molecule has 1 fully saturated rings. The molecule has 0 radical (unpaired) electrons. The molecule has 26 heavy (non-hydrogen) atoms. The second kappa shape index (κ2) is 7.45. The third kappa shape index (κ3) is 3.87. The predicted molar refractivity (Wildman–Crippen MR) is 105 cm³/mol. The number of anilines is 2. The van der Waals surface area contributed by atoms with E-state index in [1.165, 1.54) is 4.88 Å². The highest BCUT2D eigenvalue weighted by molar-refractivity contribution is 7.16. The number of hydrogen-bond acceptors (Lipinski definition) is 6. The topological polar surface area (TPSA) is 88.0 Å². The molecule has 1 saturated heterocycles. The lowest BCUT2D eigenvalue weighted by Crippen LogP contribution is -2.55. The quantitative estimate of drug-likeness (QED) is 0.420. The molecule has 2 N–H and O–H groups in total. The number of hydrogen-bond donors (Lipinski definition) is 2. The number of carbonyl (C=O) groups is 1. The number of benzene rings is 1. The molecule has 0 aliphatic carbocycles. The molecule has 1 aromatic carbocycles. The highest BCUT2D eigenvalue weighted by Gasteiger charge is 2.28. The number of aliphatic imine (C=N–C) groups is 1. The van der Waals surface area contributed by atoms with E-state index in [0.29, 0.717) is 13.1 Å². The highest BCUT2D eigenvalue weighted by atomic mass is 32.1. The van der Waals surface area contributed by atoms with Gasteiger partial charge < -0.3 is 25.2 Å². The van der Waals surface area contributed by atoms with Crippen molar-refractivity contribution in [3.8, 4) is 0 Å². The molecule has 2 aromatic rings. The fourth-order valence-electron chi connectivity index (χ4n) is 3.09. The average Bonchev–Trinajstić information content (AvgIpc) is 2.88.